The highest BCUT2D eigenvalue weighted by molar-refractivity contribution is 7.88. The fraction of sp³-hybridized carbons (Fsp3) is 0.364. The van der Waals surface area contributed by atoms with E-state index >= 15 is 0 Å². The summed E-state index contributed by atoms with van der Waals surface area (Å²) in [5.74, 6) is -18.6. The smallest absolute Gasteiger partial charge is 0.460 e. The first-order valence-corrected chi connectivity index (χ1v) is 11.7. The molecular formula is C22H15F11O4S. The minimum Gasteiger partial charge on any atom is -0.497 e. The average molecular weight is 584 g/mol. The van der Waals surface area contributed by atoms with E-state index in [0.29, 0.717) is 18.2 Å². The fourth-order valence-electron chi connectivity index (χ4n) is 3.62. The number of aryl methyl sites for hydroxylation is 1. The molecule has 210 valence electrons. The summed E-state index contributed by atoms with van der Waals surface area (Å²) in [6.07, 6.45) is -7.73. The zero-order valence-corrected chi connectivity index (χ0v) is 19.6. The number of benzene rings is 2. The van der Waals surface area contributed by atoms with Gasteiger partial charge in [0.15, 0.2) is 5.76 Å². The van der Waals surface area contributed by atoms with Crippen molar-refractivity contribution in [1.82, 2.24) is 0 Å². The van der Waals surface area contributed by atoms with E-state index in [0.717, 1.165) is 12.1 Å². The zero-order valence-electron chi connectivity index (χ0n) is 18.8. The Balaban J connectivity index is 2.29. The summed E-state index contributed by atoms with van der Waals surface area (Å²) >= 11 is 0. The number of ether oxygens (including phenoxy) is 1. The molecule has 0 aliphatic heterocycles. The van der Waals surface area contributed by atoms with Gasteiger partial charge in [-0.25, -0.2) is 8.78 Å². The lowest BCUT2D eigenvalue weighted by Crippen LogP contribution is -2.63. The Bertz CT molecular complexity index is 1370. The maximum atomic E-state index is 14.6. The first-order valence-electron chi connectivity index (χ1n) is 10.3. The lowest BCUT2D eigenvalue weighted by Gasteiger charge is -2.33. The van der Waals surface area contributed by atoms with Crippen LogP contribution in [0, 0.1) is 11.6 Å². The Labute approximate surface area is 207 Å². The van der Waals surface area contributed by atoms with E-state index in [2.05, 4.69) is 4.18 Å². The fourth-order valence-corrected chi connectivity index (χ4v) is 4.57. The highest BCUT2D eigenvalue weighted by atomic mass is 32.2. The van der Waals surface area contributed by atoms with E-state index in [4.69, 9.17) is 4.74 Å². The van der Waals surface area contributed by atoms with Gasteiger partial charge in [-0.05, 0) is 61.2 Å². The van der Waals surface area contributed by atoms with E-state index in [1.807, 2.05) is 0 Å². The molecule has 4 nitrogen and oxygen atoms in total. The maximum absolute atomic E-state index is 14.6. The SMILES string of the molecule is COc1ccc2c(c1)CCCC(c1cc(F)ccc1F)=C2OS(=O)(=O)C(F)(F)C(F)(F)C(F)(F)C(F)(F)F. The molecule has 0 N–H and O–H groups in total. The van der Waals surface area contributed by atoms with Crippen molar-refractivity contribution in [1.29, 1.82) is 0 Å². The summed E-state index contributed by atoms with van der Waals surface area (Å²) in [5.41, 5.74) is -1.80. The van der Waals surface area contributed by atoms with Gasteiger partial charge in [0.1, 0.15) is 17.4 Å². The predicted octanol–water partition coefficient (Wildman–Crippen LogP) is 6.95. The molecule has 0 saturated heterocycles. The number of fused-ring (bicyclic) bond motifs is 1. The number of alkyl halides is 9. The Kier molecular flexibility index (Phi) is 7.46. The lowest BCUT2D eigenvalue weighted by atomic mass is 9.98. The summed E-state index contributed by atoms with van der Waals surface area (Å²) in [4.78, 5) is 0. The number of halogens is 11. The molecule has 3 rings (SSSR count). The highest BCUT2D eigenvalue weighted by Gasteiger charge is 2.86. The molecule has 0 unspecified atom stereocenters. The lowest BCUT2D eigenvalue weighted by molar-refractivity contribution is -0.382. The minimum absolute atomic E-state index is 0.00142. The molecule has 2 aromatic rings. The zero-order chi connectivity index (χ0) is 28.9. The minimum atomic E-state index is -7.55. The van der Waals surface area contributed by atoms with Crippen LogP contribution in [0.2, 0.25) is 0 Å². The van der Waals surface area contributed by atoms with Gasteiger partial charge in [0.2, 0.25) is 0 Å². The van der Waals surface area contributed by atoms with E-state index < -0.39 is 73.9 Å². The second-order valence-electron chi connectivity index (χ2n) is 8.01. The molecule has 2 aromatic carbocycles. The van der Waals surface area contributed by atoms with E-state index in [-0.39, 0.29) is 24.2 Å². The summed E-state index contributed by atoms with van der Waals surface area (Å²) in [5, 5.41) is -7.16. The third-order valence-corrected chi connectivity index (χ3v) is 6.85. The molecule has 0 bridgehead atoms. The summed E-state index contributed by atoms with van der Waals surface area (Å²) in [6, 6.07) is 5.03. The van der Waals surface area contributed by atoms with Crippen molar-refractivity contribution >= 4 is 21.5 Å². The van der Waals surface area contributed by atoms with Crippen LogP contribution in [0.15, 0.2) is 36.4 Å². The van der Waals surface area contributed by atoms with Crippen molar-refractivity contribution in [2.24, 2.45) is 0 Å². The van der Waals surface area contributed by atoms with Gasteiger partial charge in [0, 0.05) is 16.7 Å². The van der Waals surface area contributed by atoms with Gasteiger partial charge in [0.05, 0.1) is 7.11 Å². The number of hydrogen-bond acceptors (Lipinski definition) is 4. The van der Waals surface area contributed by atoms with Crippen LogP contribution in [-0.4, -0.2) is 38.8 Å². The Morgan fingerprint density at radius 1 is 0.789 bits per heavy atom. The van der Waals surface area contributed by atoms with Crippen LogP contribution in [0.5, 0.6) is 5.75 Å². The first kappa shape index (κ1) is 29.5. The largest absolute Gasteiger partial charge is 0.497 e. The van der Waals surface area contributed by atoms with Crippen molar-refractivity contribution in [3.8, 4) is 5.75 Å². The Morgan fingerprint density at radius 2 is 1.42 bits per heavy atom. The third-order valence-electron chi connectivity index (χ3n) is 5.58. The highest BCUT2D eigenvalue weighted by Crippen LogP contribution is 2.55. The summed E-state index contributed by atoms with van der Waals surface area (Å²) < 4.78 is 183. The molecular weight excluding hydrogens is 569 g/mol. The number of hydrogen-bond donors (Lipinski definition) is 0. The van der Waals surface area contributed by atoms with Crippen molar-refractivity contribution in [3.63, 3.8) is 0 Å². The molecule has 0 fully saturated rings. The van der Waals surface area contributed by atoms with Crippen LogP contribution >= 0.6 is 0 Å². The summed E-state index contributed by atoms with van der Waals surface area (Å²) in [6.45, 7) is 0. The van der Waals surface area contributed by atoms with Gasteiger partial charge in [-0.3, -0.25) is 0 Å². The molecule has 1 aliphatic carbocycles. The first-order chi connectivity index (χ1) is 17.3. The quantitative estimate of drug-likeness (QED) is 0.261. The van der Waals surface area contributed by atoms with E-state index in [9.17, 15) is 56.7 Å². The molecule has 0 atom stereocenters. The normalized spacial score (nSPS) is 15.7. The molecule has 0 spiro atoms. The van der Waals surface area contributed by atoms with Crippen molar-refractivity contribution in [2.75, 3.05) is 7.11 Å². The predicted molar refractivity (Wildman–Crippen MR) is 110 cm³/mol. The van der Waals surface area contributed by atoms with E-state index in [1.165, 1.54) is 13.2 Å². The van der Waals surface area contributed by atoms with Gasteiger partial charge < -0.3 is 8.92 Å². The van der Waals surface area contributed by atoms with Gasteiger partial charge in [-0.1, -0.05) is 0 Å². The second kappa shape index (κ2) is 9.61. The van der Waals surface area contributed by atoms with Crippen molar-refractivity contribution in [2.45, 2.75) is 42.5 Å². The second-order valence-corrected chi connectivity index (χ2v) is 9.60. The average Bonchev–Trinajstić information content (AvgIpc) is 2.98. The Hall–Kier alpha value is -3.04. The topological polar surface area (TPSA) is 52.6 Å². The molecule has 0 radical (unpaired) electrons. The van der Waals surface area contributed by atoms with Crippen molar-refractivity contribution < 1.29 is 65.6 Å². The molecule has 0 saturated carbocycles. The van der Waals surface area contributed by atoms with Crippen LogP contribution in [0.3, 0.4) is 0 Å². The molecule has 16 heteroatoms. The maximum Gasteiger partial charge on any atom is 0.460 e. The molecule has 1 aliphatic rings. The third kappa shape index (κ3) is 4.78. The van der Waals surface area contributed by atoms with Crippen LogP contribution < -0.4 is 4.74 Å². The van der Waals surface area contributed by atoms with Crippen molar-refractivity contribution in [3.05, 3.63) is 64.7 Å². The van der Waals surface area contributed by atoms with Crippen LogP contribution in [0.4, 0.5) is 48.3 Å². The standard InChI is InChI=1S/C22H15F11O4S/c1-36-13-6-7-14-11(9-13)3-2-4-15(16-10-12(23)5-8-17(16)24)18(14)37-38(34,35)22(32,33)20(27,28)19(25,26)21(29,30)31/h5-10H,2-4H2,1H3. The monoisotopic (exact) mass is 584 g/mol. The number of allylic oxidation sites excluding steroid dienone is 1. The molecule has 0 heterocycles. The number of methoxy groups -OCH3 is 1. The van der Waals surface area contributed by atoms with E-state index in [1.54, 1.807) is 0 Å². The molecule has 38 heavy (non-hydrogen) atoms. The van der Waals surface area contributed by atoms with Crippen LogP contribution in [0.1, 0.15) is 29.5 Å². The van der Waals surface area contributed by atoms with Gasteiger partial charge in [-0.15, -0.1) is 0 Å². The van der Waals surface area contributed by atoms with Gasteiger partial charge >= 0.3 is 33.4 Å². The van der Waals surface area contributed by atoms with Crippen LogP contribution in [-0.2, 0) is 20.7 Å². The van der Waals surface area contributed by atoms with Gasteiger partial charge in [-0.2, -0.15) is 47.9 Å². The Morgan fingerprint density at radius 3 is 2.00 bits per heavy atom. The van der Waals surface area contributed by atoms with Crippen LogP contribution in [0.25, 0.3) is 11.3 Å². The molecule has 0 amide bonds. The van der Waals surface area contributed by atoms with Gasteiger partial charge in [0.25, 0.3) is 0 Å². The summed E-state index contributed by atoms with van der Waals surface area (Å²) in [7, 11) is -6.15. The number of rotatable bonds is 7. The molecule has 0 aromatic heterocycles.